The molecule has 1 saturated carbocycles. The molecule has 3 fully saturated rings. The molecular weight excluding hydrogens is 626 g/mol. The maximum absolute atomic E-state index is 15.0. The van der Waals surface area contributed by atoms with Gasteiger partial charge in [-0.1, -0.05) is 12.1 Å². The molecule has 0 spiro atoms. The SMILES string of the molecule is CNC(=O)O[C@H]1CCC[C@@H]1[C@](Cn1cnnc1CC(F)(F)F)(c1cccc(F)c1)C1CCN(CC2CN(c3ccc(C#N)cc3)C2)CC1. The minimum Gasteiger partial charge on any atom is -0.446 e. The first kappa shape index (κ1) is 33.7. The van der Waals surface area contributed by atoms with Crippen LogP contribution in [0.3, 0.4) is 0 Å². The van der Waals surface area contributed by atoms with E-state index in [9.17, 15) is 18.0 Å². The van der Waals surface area contributed by atoms with E-state index in [1.807, 2.05) is 30.3 Å². The Morgan fingerprint density at radius 3 is 2.50 bits per heavy atom. The molecular formula is C35H41F4N7O2. The summed E-state index contributed by atoms with van der Waals surface area (Å²) in [7, 11) is 1.49. The zero-order valence-electron chi connectivity index (χ0n) is 27.0. The molecule has 1 aromatic heterocycles. The third-order valence-corrected chi connectivity index (χ3v) is 10.6. The van der Waals surface area contributed by atoms with Gasteiger partial charge in [-0.25, -0.2) is 9.18 Å². The van der Waals surface area contributed by atoms with Crippen LogP contribution in [0.4, 0.5) is 28.0 Å². The molecule has 3 aliphatic rings. The first-order valence-electron chi connectivity index (χ1n) is 16.6. The van der Waals surface area contributed by atoms with E-state index in [-0.39, 0.29) is 24.2 Å². The maximum Gasteiger partial charge on any atom is 0.407 e. The number of benzene rings is 2. The van der Waals surface area contributed by atoms with Crippen LogP contribution in [0.2, 0.25) is 0 Å². The predicted octanol–water partition coefficient (Wildman–Crippen LogP) is 5.70. The largest absolute Gasteiger partial charge is 0.446 e. The van der Waals surface area contributed by atoms with E-state index in [4.69, 9.17) is 10.00 Å². The molecule has 13 heteroatoms. The number of ether oxygens (including phenoxy) is 1. The number of carbonyl (C=O) groups excluding carboxylic acids is 1. The van der Waals surface area contributed by atoms with Gasteiger partial charge in [-0.3, -0.25) is 0 Å². The molecule has 3 atom stereocenters. The average molecular weight is 668 g/mol. The van der Waals surface area contributed by atoms with E-state index < -0.39 is 36.0 Å². The van der Waals surface area contributed by atoms with Gasteiger partial charge in [0.15, 0.2) is 0 Å². The van der Waals surface area contributed by atoms with Crippen molar-refractivity contribution in [1.82, 2.24) is 25.0 Å². The van der Waals surface area contributed by atoms with Crippen molar-refractivity contribution in [3.8, 4) is 6.07 Å². The molecule has 6 rings (SSSR count). The molecule has 1 N–H and O–H groups in total. The van der Waals surface area contributed by atoms with Crippen molar-refractivity contribution in [1.29, 1.82) is 5.26 Å². The van der Waals surface area contributed by atoms with E-state index >= 15 is 4.39 Å². The molecule has 9 nitrogen and oxygen atoms in total. The summed E-state index contributed by atoms with van der Waals surface area (Å²) in [6.45, 7) is 4.48. The topological polar surface area (TPSA) is 99.3 Å². The summed E-state index contributed by atoms with van der Waals surface area (Å²) in [5.41, 5.74) is 1.59. The Morgan fingerprint density at radius 2 is 1.83 bits per heavy atom. The van der Waals surface area contributed by atoms with Gasteiger partial charge in [0, 0.05) is 56.2 Å². The third kappa shape index (κ3) is 7.28. The second-order valence-corrected chi connectivity index (χ2v) is 13.5. The summed E-state index contributed by atoms with van der Waals surface area (Å²) in [5.74, 6) is -0.423. The molecule has 2 aromatic carbocycles. The van der Waals surface area contributed by atoms with Gasteiger partial charge in [0.25, 0.3) is 0 Å². The second kappa shape index (κ2) is 14.1. The summed E-state index contributed by atoms with van der Waals surface area (Å²) in [5, 5.41) is 19.3. The maximum atomic E-state index is 15.0. The summed E-state index contributed by atoms with van der Waals surface area (Å²) >= 11 is 0. The highest BCUT2D eigenvalue weighted by atomic mass is 19.4. The first-order valence-corrected chi connectivity index (χ1v) is 16.6. The Hall–Kier alpha value is -4.18. The number of anilines is 1. The van der Waals surface area contributed by atoms with Gasteiger partial charge in [-0.15, -0.1) is 10.2 Å². The first-order chi connectivity index (χ1) is 23.1. The second-order valence-electron chi connectivity index (χ2n) is 13.5. The zero-order valence-corrected chi connectivity index (χ0v) is 27.0. The number of hydrogen-bond acceptors (Lipinski definition) is 7. The number of alkyl carbamates (subject to hydrolysis) is 1. The zero-order chi connectivity index (χ0) is 33.9. The number of amides is 1. The van der Waals surface area contributed by atoms with Crippen molar-refractivity contribution in [2.75, 3.05) is 44.7 Å². The summed E-state index contributed by atoms with van der Waals surface area (Å²) in [6, 6.07) is 16.2. The summed E-state index contributed by atoms with van der Waals surface area (Å²) in [6.07, 6.45) is -1.84. The molecule has 1 amide bonds. The standard InChI is InChI=1S/C35H41F4N7O2/c1-41-33(47)48-31-7-3-6-30(31)34(27-4-2-5-28(36)16-27,22-46-23-42-43-32(46)17-35(37,38)39)26-12-14-44(15-13-26)19-25-20-45(21-25)29-10-8-24(18-40)9-11-29/h2,4-5,8-11,16,23,25-26,30-31H,3,6-7,12-15,17,19-22H2,1H3,(H,41,47)/t30-,31-,34-/m0/s1. The van der Waals surface area contributed by atoms with Crippen LogP contribution < -0.4 is 10.2 Å². The van der Waals surface area contributed by atoms with Crippen molar-refractivity contribution in [2.24, 2.45) is 17.8 Å². The lowest BCUT2D eigenvalue weighted by molar-refractivity contribution is -0.129. The lowest BCUT2D eigenvalue weighted by Gasteiger charge is -2.51. The van der Waals surface area contributed by atoms with Gasteiger partial charge in [0.1, 0.15) is 30.5 Å². The van der Waals surface area contributed by atoms with Crippen molar-refractivity contribution in [3.05, 3.63) is 77.6 Å². The number of aromatic nitrogens is 3. The number of alkyl halides is 3. The van der Waals surface area contributed by atoms with E-state index in [0.29, 0.717) is 29.9 Å². The molecule has 256 valence electrons. The fourth-order valence-corrected chi connectivity index (χ4v) is 8.37. The molecule has 2 saturated heterocycles. The number of likely N-dealkylation sites (tertiary alicyclic amines) is 1. The normalized spacial score (nSPS) is 22.1. The predicted molar refractivity (Wildman–Crippen MR) is 171 cm³/mol. The quantitative estimate of drug-likeness (QED) is 0.277. The number of piperidine rings is 1. The van der Waals surface area contributed by atoms with Crippen LogP contribution in [0.1, 0.15) is 49.1 Å². The Kier molecular flexibility index (Phi) is 9.92. The highest BCUT2D eigenvalue weighted by molar-refractivity contribution is 5.67. The Morgan fingerprint density at radius 1 is 1.08 bits per heavy atom. The van der Waals surface area contributed by atoms with Crippen LogP contribution in [0.15, 0.2) is 54.9 Å². The molecule has 0 bridgehead atoms. The lowest BCUT2D eigenvalue weighted by atomic mass is 9.58. The van der Waals surface area contributed by atoms with E-state index in [0.717, 1.165) is 57.7 Å². The number of nitriles is 1. The minimum absolute atomic E-state index is 0.0351. The number of nitrogens with one attached hydrogen (secondary N) is 1. The smallest absolute Gasteiger partial charge is 0.407 e. The average Bonchev–Trinajstić information content (AvgIpc) is 3.70. The van der Waals surface area contributed by atoms with E-state index in [1.54, 1.807) is 6.07 Å². The molecule has 0 radical (unpaired) electrons. The van der Waals surface area contributed by atoms with E-state index in [1.165, 1.54) is 30.1 Å². The minimum atomic E-state index is -4.48. The highest BCUT2D eigenvalue weighted by Gasteiger charge is 2.53. The van der Waals surface area contributed by atoms with Crippen LogP contribution in [-0.2, 0) is 23.1 Å². The number of nitrogens with zero attached hydrogens (tertiary/aromatic N) is 6. The fourth-order valence-electron chi connectivity index (χ4n) is 8.37. The molecule has 3 heterocycles. The Balaban J connectivity index is 1.26. The van der Waals surface area contributed by atoms with Crippen molar-refractivity contribution in [2.45, 2.75) is 62.8 Å². The van der Waals surface area contributed by atoms with Crippen LogP contribution in [0.5, 0.6) is 0 Å². The molecule has 3 aromatic rings. The van der Waals surface area contributed by atoms with Gasteiger partial charge in [-0.2, -0.15) is 18.4 Å². The molecule has 1 aliphatic carbocycles. The Bertz CT molecular complexity index is 1590. The van der Waals surface area contributed by atoms with E-state index in [2.05, 4.69) is 31.4 Å². The van der Waals surface area contributed by atoms with Crippen molar-refractivity contribution in [3.63, 3.8) is 0 Å². The van der Waals surface area contributed by atoms with Gasteiger partial charge in [-0.05, 0) is 93.1 Å². The van der Waals surface area contributed by atoms with Crippen LogP contribution in [0.25, 0.3) is 0 Å². The van der Waals surface area contributed by atoms with Gasteiger partial charge in [0.05, 0.1) is 11.6 Å². The molecule has 48 heavy (non-hydrogen) atoms. The van der Waals surface area contributed by atoms with Gasteiger partial charge >= 0.3 is 12.3 Å². The summed E-state index contributed by atoms with van der Waals surface area (Å²) < 4.78 is 63.3. The Labute approximate surface area is 277 Å². The van der Waals surface area contributed by atoms with Gasteiger partial charge in [0.2, 0.25) is 0 Å². The molecule has 2 aliphatic heterocycles. The monoisotopic (exact) mass is 667 g/mol. The number of carbonyl (C=O) groups is 1. The van der Waals surface area contributed by atoms with Gasteiger partial charge < -0.3 is 24.4 Å². The fraction of sp³-hybridized carbons (Fsp3) is 0.543. The van der Waals surface area contributed by atoms with Crippen LogP contribution in [0, 0.1) is 34.9 Å². The highest BCUT2D eigenvalue weighted by Crippen LogP contribution is 2.52. The molecule has 0 unspecified atom stereocenters. The number of rotatable bonds is 10. The summed E-state index contributed by atoms with van der Waals surface area (Å²) in [4.78, 5) is 17.2. The van der Waals surface area contributed by atoms with Crippen molar-refractivity contribution < 1.29 is 27.1 Å². The van der Waals surface area contributed by atoms with Crippen molar-refractivity contribution >= 4 is 11.8 Å². The number of hydrogen-bond donors (Lipinski definition) is 1. The third-order valence-electron chi connectivity index (χ3n) is 10.6. The van der Waals surface area contributed by atoms with Crippen LogP contribution in [-0.4, -0.2) is 77.8 Å². The lowest BCUT2D eigenvalue weighted by Crippen LogP contribution is -2.55. The number of halogens is 4. The van der Waals surface area contributed by atoms with Crippen LogP contribution >= 0.6 is 0 Å².